The normalized spacial score (nSPS) is 9.85. The second kappa shape index (κ2) is 5.59. The van der Waals surface area contributed by atoms with E-state index in [-0.39, 0.29) is 27.6 Å². The van der Waals surface area contributed by atoms with Crippen molar-refractivity contribution < 1.29 is 19.0 Å². The minimum Gasteiger partial charge on any atom is -0.478 e. The Morgan fingerprint density at radius 3 is 2.70 bits per heavy atom. The van der Waals surface area contributed by atoms with Crippen LogP contribution in [0.15, 0.2) is 36.4 Å². The molecule has 2 rings (SSSR count). The van der Waals surface area contributed by atoms with Crippen molar-refractivity contribution in [1.29, 1.82) is 5.26 Å². The van der Waals surface area contributed by atoms with Gasteiger partial charge in [-0.1, -0.05) is 17.7 Å². The molecule has 0 saturated carbocycles. The molecular weight excluding hydrogens is 285 g/mol. The first-order valence-electron chi connectivity index (χ1n) is 5.42. The maximum atomic E-state index is 13.4. The zero-order valence-electron chi connectivity index (χ0n) is 9.93. The largest absolute Gasteiger partial charge is 0.478 e. The van der Waals surface area contributed by atoms with Crippen LogP contribution in [0.2, 0.25) is 5.02 Å². The second-order valence-electron chi connectivity index (χ2n) is 3.77. The SMILES string of the molecule is N#Cc1ccc(Oc2cccc(Cl)c2C(=O)O)cc1F. The number of halogens is 2. The molecule has 0 spiro atoms. The van der Waals surface area contributed by atoms with Crippen LogP contribution in [0.5, 0.6) is 11.5 Å². The molecule has 0 unspecified atom stereocenters. The van der Waals surface area contributed by atoms with Gasteiger partial charge in [0.2, 0.25) is 0 Å². The molecule has 0 aliphatic heterocycles. The van der Waals surface area contributed by atoms with Crippen LogP contribution in [-0.4, -0.2) is 11.1 Å². The Bertz CT molecular complexity index is 725. The fourth-order valence-electron chi connectivity index (χ4n) is 1.57. The number of nitrogens with zero attached hydrogens (tertiary/aromatic N) is 1. The summed E-state index contributed by atoms with van der Waals surface area (Å²) in [5.41, 5.74) is -0.333. The average Bonchev–Trinajstić information content (AvgIpc) is 2.38. The Hall–Kier alpha value is -2.58. The topological polar surface area (TPSA) is 70.3 Å². The van der Waals surface area contributed by atoms with Crippen LogP contribution in [-0.2, 0) is 0 Å². The molecule has 0 aliphatic carbocycles. The Kier molecular flexibility index (Phi) is 3.87. The monoisotopic (exact) mass is 291 g/mol. The van der Waals surface area contributed by atoms with Crippen LogP contribution in [0, 0.1) is 17.1 Å². The van der Waals surface area contributed by atoms with E-state index < -0.39 is 11.8 Å². The van der Waals surface area contributed by atoms with E-state index in [2.05, 4.69) is 0 Å². The average molecular weight is 292 g/mol. The summed E-state index contributed by atoms with van der Waals surface area (Å²) in [4.78, 5) is 11.1. The van der Waals surface area contributed by atoms with Crippen LogP contribution in [0.1, 0.15) is 15.9 Å². The summed E-state index contributed by atoms with van der Waals surface area (Å²) in [5.74, 6) is -1.93. The number of carboxylic acids is 1. The molecule has 0 amide bonds. The third-order valence-corrected chi connectivity index (χ3v) is 2.79. The first kappa shape index (κ1) is 13.8. The van der Waals surface area contributed by atoms with E-state index in [1.807, 2.05) is 0 Å². The zero-order chi connectivity index (χ0) is 14.7. The van der Waals surface area contributed by atoms with Gasteiger partial charge in [-0.25, -0.2) is 9.18 Å². The predicted octanol–water partition coefficient (Wildman–Crippen LogP) is 3.84. The van der Waals surface area contributed by atoms with Gasteiger partial charge in [-0.05, 0) is 24.3 Å². The summed E-state index contributed by atoms with van der Waals surface area (Å²) < 4.78 is 18.8. The maximum Gasteiger partial charge on any atom is 0.341 e. The number of hydrogen-bond donors (Lipinski definition) is 1. The van der Waals surface area contributed by atoms with E-state index in [1.165, 1.54) is 30.3 Å². The van der Waals surface area contributed by atoms with Gasteiger partial charge in [0.1, 0.15) is 28.9 Å². The molecule has 0 heterocycles. The summed E-state index contributed by atoms with van der Waals surface area (Å²) >= 11 is 5.79. The van der Waals surface area contributed by atoms with Gasteiger partial charge in [-0.3, -0.25) is 0 Å². The highest BCUT2D eigenvalue weighted by atomic mass is 35.5. The highest BCUT2D eigenvalue weighted by molar-refractivity contribution is 6.33. The van der Waals surface area contributed by atoms with Crippen molar-refractivity contribution >= 4 is 17.6 Å². The number of carbonyl (C=O) groups is 1. The summed E-state index contributed by atoms with van der Waals surface area (Å²) in [5, 5.41) is 17.7. The maximum absolute atomic E-state index is 13.4. The lowest BCUT2D eigenvalue weighted by atomic mass is 10.2. The van der Waals surface area contributed by atoms with Crippen LogP contribution < -0.4 is 4.74 Å². The van der Waals surface area contributed by atoms with E-state index >= 15 is 0 Å². The number of hydrogen-bond acceptors (Lipinski definition) is 3. The molecule has 2 aromatic rings. The number of benzene rings is 2. The lowest BCUT2D eigenvalue weighted by Crippen LogP contribution is -2.01. The van der Waals surface area contributed by atoms with Gasteiger partial charge in [0, 0.05) is 6.07 Å². The number of carboxylic acid groups (broad SMARTS) is 1. The Morgan fingerprint density at radius 2 is 2.10 bits per heavy atom. The van der Waals surface area contributed by atoms with Crippen LogP contribution in [0.4, 0.5) is 4.39 Å². The standard InChI is InChI=1S/C14H7ClFNO3/c15-10-2-1-3-12(13(10)14(18)19)20-9-5-4-8(7-17)11(16)6-9/h1-6H,(H,18,19). The van der Waals surface area contributed by atoms with E-state index in [4.69, 9.17) is 26.7 Å². The smallest absolute Gasteiger partial charge is 0.341 e. The molecule has 0 fully saturated rings. The Morgan fingerprint density at radius 1 is 1.35 bits per heavy atom. The quantitative estimate of drug-likeness (QED) is 0.932. The molecule has 100 valence electrons. The first-order chi connectivity index (χ1) is 9.52. The van der Waals surface area contributed by atoms with Crippen molar-refractivity contribution in [2.75, 3.05) is 0 Å². The molecule has 0 aromatic heterocycles. The van der Waals surface area contributed by atoms with Crippen molar-refractivity contribution in [3.8, 4) is 17.6 Å². The summed E-state index contributed by atoms with van der Waals surface area (Å²) in [6.07, 6.45) is 0. The summed E-state index contributed by atoms with van der Waals surface area (Å²) in [6, 6.07) is 9.64. The lowest BCUT2D eigenvalue weighted by Gasteiger charge is -2.10. The van der Waals surface area contributed by atoms with Crippen LogP contribution in [0.25, 0.3) is 0 Å². The van der Waals surface area contributed by atoms with E-state index in [0.29, 0.717) is 0 Å². The van der Waals surface area contributed by atoms with Crippen LogP contribution >= 0.6 is 11.6 Å². The fourth-order valence-corrected chi connectivity index (χ4v) is 1.82. The Labute approximate surface area is 118 Å². The Balaban J connectivity index is 2.41. The van der Waals surface area contributed by atoms with Gasteiger partial charge in [-0.2, -0.15) is 5.26 Å². The zero-order valence-corrected chi connectivity index (χ0v) is 10.7. The molecular formula is C14H7ClFNO3. The molecule has 0 radical (unpaired) electrons. The highest BCUT2D eigenvalue weighted by Crippen LogP contribution is 2.31. The van der Waals surface area contributed by atoms with E-state index in [1.54, 1.807) is 6.07 Å². The minimum atomic E-state index is -1.25. The molecule has 0 aliphatic rings. The van der Waals surface area contributed by atoms with Crippen molar-refractivity contribution in [3.05, 3.63) is 58.4 Å². The van der Waals surface area contributed by atoms with Crippen molar-refractivity contribution in [2.24, 2.45) is 0 Å². The molecule has 0 saturated heterocycles. The van der Waals surface area contributed by atoms with Crippen LogP contribution in [0.3, 0.4) is 0 Å². The third-order valence-electron chi connectivity index (χ3n) is 2.48. The highest BCUT2D eigenvalue weighted by Gasteiger charge is 2.16. The summed E-state index contributed by atoms with van der Waals surface area (Å²) in [7, 11) is 0. The van der Waals surface area contributed by atoms with Crippen molar-refractivity contribution in [1.82, 2.24) is 0 Å². The number of nitriles is 1. The number of ether oxygens (including phenoxy) is 1. The third kappa shape index (κ3) is 2.71. The molecule has 0 atom stereocenters. The van der Waals surface area contributed by atoms with Gasteiger partial charge >= 0.3 is 5.97 Å². The van der Waals surface area contributed by atoms with E-state index in [9.17, 15) is 9.18 Å². The van der Waals surface area contributed by atoms with Gasteiger partial charge in [0.05, 0.1) is 10.6 Å². The first-order valence-corrected chi connectivity index (χ1v) is 5.80. The predicted molar refractivity (Wildman–Crippen MR) is 69.6 cm³/mol. The molecule has 2 aromatic carbocycles. The fraction of sp³-hybridized carbons (Fsp3) is 0. The van der Waals surface area contributed by atoms with Gasteiger partial charge in [0.15, 0.2) is 0 Å². The van der Waals surface area contributed by atoms with E-state index in [0.717, 1.165) is 6.07 Å². The van der Waals surface area contributed by atoms with Gasteiger partial charge in [0.25, 0.3) is 0 Å². The molecule has 0 bridgehead atoms. The molecule has 6 heteroatoms. The lowest BCUT2D eigenvalue weighted by molar-refractivity contribution is 0.0694. The number of rotatable bonds is 3. The summed E-state index contributed by atoms with van der Waals surface area (Å²) in [6.45, 7) is 0. The van der Waals surface area contributed by atoms with Crippen molar-refractivity contribution in [2.45, 2.75) is 0 Å². The molecule has 20 heavy (non-hydrogen) atoms. The second-order valence-corrected chi connectivity index (χ2v) is 4.18. The molecule has 1 N–H and O–H groups in total. The number of aromatic carboxylic acids is 1. The van der Waals surface area contributed by atoms with Crippen molar-refractivity contribution in [3.63, 3.8) is 0 Å². The van der Waals surface area contributed by atoms with Gasteiger partial charge in [-0.15, -0.1) is 0 Å². The van der Waals surface area contributed by atoms with Gasteiger partial charge < -0.3 is 9.84 Å². The minimum absolute atomic E-state index is 0.00546. The molecule has 4 nitrogen and oxygen atoms in total.